The highest BCUT2D eigenvalue weighted by atomic mass is 35.5. The van der Waals surface area contributed by atoms with Gasteiger partial charge in [-0.15, -0.1) is 0 Å². The molecule has 0 amide bonds. The Bertz CT molecular complexity index is 368. The fraction of sp³-hybridized carbons (Fsp3) is 0.647. The van der Waals surface area contributed by atoms with Crippen LogP contribution >= 0.6 is 11.6 Å². The zero-order chi connectivity index (χ0) is 14.8. The molecule has 0 saturated carbocycles. The van der Waals surface area contributed by atoms with Crippen LogP contribution in [0, 0.1) is 0 Å². The molecule has 1 rings (SSSR count). The van der Waals surface area contributed by atoms with Gasteiger partial charge in [0.25, 0.3) is 0 Å². The normalized spacial score (nSPS) is 12.8. The van der Waals surface area contributed by atoms with Crippen molar-refractivity contribution in [2.75, 3.05) is 26.2 Å². The molecule has 2 nitrogen and oxygen atoms in total. The lowest BCUT2D eigenvalue weighted by Crippen LogP contribution is -2.30. The molecule has 0 aliphatic heterocycles. The van der Waals surface area contributed by atoms with Crippen molar-refractivity contribution < 1.29 is 0 Å². The number of benzene rings is 1. The fourth-order valence-corrected chi connectivity index (χ4v) is 2.68. The van der Waals surface area contributed by atoms with Crippen LogP contribution in [0.3, 0.4) is 0 Å². The number of nitrogens with one attached hydrogen (secondary N) is 1. The molecule has 0 aliphatic carbocycles. The molecule has 0 aliphatic rings. The summed E-state index contributed by atoms with van der Waals surface area (Å²) in [6.07, 6.45) is 3.51. The first-order valence-corrected chi connectivity index (χ1v) is 8.30. The second-order valence-corrected chi connectivity index (χ2v) is 5.72. The maximum atomic E-state index is 6.12. The van der Waals surface area contributed by atoms with Gasteiger partial charge in [-0.25, -0.2) is 0 Å². The van der Waals surface area contributed by atoms with Crippen LogP contribution in [0.5, 0.6) is 0 Å². The number of nitrogens with zero attached hydrogens (tertiary/aromatic N) is 1. The molecule has 0 saturated heterocycles. The predicted molar refractivity (Wildman–Crippen MR) is 89.5 cm³/mol. The maximum absolute atomic E-state index is 6.12. The third-order valence-electron chi connectivity index (χ3n) is 3.61. The lowest BCUT2D eigenvalue weighted by molar-refractivity contribution is 0.269. The first-order valence-electron chi connectivity index (χ1n) is 7.92. The van der Waals surface area contributed by atoms with Gasteiger partial charge in [0.1, 0.15) is 0 Å². The zero-order valence-electron chi connectivity index (χ0n) is 13.2. The topological polar surface area (TPSA) is 15.3 Å². The van der Waals surface area contributed by atoms with Gasteiger partial charge in [0.05, 0.1) is 0 Å². The van der Waals surface area contributed by atoms with Crippen molar-refractivity contribution in [3.05, 3.63) is 34.9 Å². The molecule has 0 aromatic heterocycles. The van der Waals surface area contributed by atoms with Crippen molar-refractivity contribution in [2.24, 2.45) is 0 Å². The van der Waals surface area contributed by atoms with Crippen LogP contribution in [0.2, 0.25) is 5.02 Å². The summed E-state index contributed by atoms with van der Waals surface area (Å²) < 4.78 is 0. The van der Waals surface area contributed by atoms with Crippen LogP contribution in [0.1, 0.15) is 51.6 Å². The first kappa shape index (κ1) is 17.5. The lowest BCUT2D eigenvalue weighted by Gasteiger charge is -2.24. The van der Waals surface area contributed by atoms with E-state index in [1.807, 2.05) is 12.1 Å². The van der Waals surface area contributed by atoms with Crippen LogP contribution in [0.25, 0.3) is 0 Å². The van der Waals surface area contributed by atoms with Gasteiger partial charge >= 0.3 is 0 Å². The van der Waals surface area contributed by atoms with E-state index in [0.29, 0.717) is 6.04 Å². The highest BCUT2D eigenvalue weighted by Gasteiger charge is 2.12. The molecule has 0 bridgehead atoms. The van der Waals surface area contributed by atoms with Crippen LogP contribution in [0.4, 0.5) is 0 Å². The van der Waals surface area contributed by atoms with Crippen molar-refractivity contribution in [1.29, 1.82) is 0 Å². The van der Waals surface area contributed by atoms with Crippen molar-refractivity contribution in [2.45, 2.75) is 46.1 Å². The molecular weight excluding hydrogens is 268 g/mol. The van der Waals surface area contributed by atoms with E-state index in [9.17, 15) is 0 Å². The van der Waals surface area contributed by atoms with E-state index in [2.05, 4.69) is 43.1 Å². The summed E-state index contributed by atoms with van der Waals surface area (Å²) in [7, 11) is 0. The highest BCUT2D eigenvalue weighted by molar-refractivity contribution is 6.30. The third-order valence-corrected chi connectivity index (χ3v) is 3.85. The summed E-state index contributed by atoms with van der Waals surface area (Å²) in [6, 6.07) is 8.65. The molecule has 1 unspecified atom stereocenters. The highest BCUT2D eigenvalue weighted by Crippen LogP contribution is 2.21. The summed E-state index contributed by atoms with van der Waals surface area (Å²) in [6.45, 7) is 11.2. The molecule has 0 heterocycles. The minimum absolute atomic E-state index is 0.402. The van der Waals surface area contributed by atoms with E-state index in [1.165, 1.54) is 18.5 Å². The summed E-state index contributed by atoms with van der Waals surface area (Å²) in [5, 5.41) is 4.47. The Balaban J connectivity index is 2.64. The molecule has 0 spiro atoms. The molecule has 1 N–H and O–H groups in total. The monoisotopic (exact) mass is 296 g/mol. The van der Waals surface area contributed by atoms with Crippen LogP contribution in [-0.2, 0) is 0 Å². The standard InChI is InChI=1S/C17H29ClN2/c1-4-11-19-17(10-13-20(6-3)12-5-2)15-8-7-9-16(18)14-15/h7-9,14,17,19H,4-6,10-13H2,1-3H3. The Hall–Kier alpha value is -0.570. The number of hydrogen-bond acceptors (Lipinski definition) is 2. The lowest BCUT2D eigenvalue weighted by atomic mass is 10.0. The molecule has 1 aromatic carbocycles. The van der Waals surface area contributed by atoms with Crippen molar-refractivity contribution in [1.82, 2.24) is 10.2 Å². The van der Waals surface area contributed by atoms with Crippen LogP contribution < -0.4 is 5.32 Å². The van der Waals surface area contributed by atoms with Gasteiger partial charge in [0.2, 0.25) is 0 Å². The van der Waals surface area contributed by atoms with Gasteiger partial charge in [0, 0.05) is 11.1 Å². The maximum Gasteiger partial charge on any atom is 0.0409 e. The smallest absolute Gasteiger partial charge is 0.0409 e. The van der Waals surface area contributed by atoms with E-state index >= 15 is 0 Å². The van der Waals surface area contributed by atoms with Crippen LogP contribution in [0.15, 0.2) is 24.3 Å². The average molecular weight is 297 g/mol. The second-order valence-electron chi connectivity index (χ2n) is 5.28. The van der Waals surface area contributed by atoms with Gasteiger partial charge in [-0.1, -0.05) is 44.5 Å². The van der Waals surface area contributed by atoms with Gasteiger partial charge in [-0.2, -0.15) is 0 Å². The Kier molecular flexibility index (Phi) is 8.92. The van der Waals surface area contributed by atoms with E-state index in [4.69, 9.17) is 11.6 Å². The van der Waals surface area contributed by atoms with Crippen molar-refractivity contribution in [3.8, 4) is 0 Å². The Labute approximate surface area is 129 Å². The van der Waals surface area contributed by atoms with Gasteiger partial charge in [-0.05, 0) is 63.1 Å². The molecule has 3 heteroatoms. The molecule has 20 heavy (non-hydrogen) atoms. The summed E-state index contributed by atoms with van der Waals surface area (Å²) in [5.74, 6) is 0. The Morgan fingerprint density at radius 1 is 1.15 bits per heavy atom. The number of rotatable bonds is 10. The third kappa shape index (κ3) is 6.25. The summed E-state index contributed by atoms with van der Waals surface area (Å²) in [5.41, 5.74) is 1.30. The van der Waals surface area contributed by atoms with Gasteiger partial charge < -0.3 is 10.2 Å². The largest absolute Gasteiger partial charge is 0.310 e. The fourth-order valence-electron chi connectivity index (χ4n) is 2.48. The zero-order valence-corrected chi connectivity index (χ0v) is 13.9. The Morgan fingerprint density at radius 2 is 1.95 bits per heavy atom. The van der Waals surface area contributed by atoms with Crippen LogP contribution in [-0.4, -0.2) is 31.1 Å². The van der Waals surface area contributed by atoms with Crippen molar-refractivity contribution >= 4 is 11.6 Å². The minimum atomic E-state index is 0.402. The minimum Gasteiger partial charge on any atom is -0.310 e. The second kappa shape index (κ2) is 10.2. The van der Waals surface area contributed by atoms with E-state index in [0.717, 1.165) is 37.5 Å². The molecule has 1 atom stereocenters. The van der Waals surface area contributed by atoms with Gasteiger partial charge in [-0.3, -0.25) is 0 Å². The molecule has 0 fully saturated rings. The van der Waals surface area contributed by atoms with Crippen molar-refractivity contribution in [3.63, 3.8) is 0 Å². The summed E-state index contributed by atoms with van der Waals surface area (Å²) in [4.78, 5) is 2.52. The molecular formula is C17H29ClN2. The van der Waals surface area contributed by atoms with Gasteiger partial charge in [0.15, 0.2) is 0 Å². The first-order chi connectivity index (χ1) is 9.71. The summed E-state index contributed by atoms with van der Waals surface area (Å²) >= 11 is 6.12. The molecule has 1 aromatic rings. The average Bonchev–Trinajstić information content (AvgIpc) is 2.46. The number of hydrogen-bond donors (Lipinski definition) is 1. The SMILES string of the molecule is CCCNC(CCN(CC)CCC)c1cccc(Cl)c1. The molecule has 114 valence electrons. The van der Waals surface area contributed by atoms with E-state index in [-0.39, 0.29) is 0 Å². The van der Waals surface area contributed by atoms with E-state index in [1.54, 1.807) is 0 Å². The Morgan fingerprint density at radius 3 is 2.55 bits per heavy atom. The predicted octanol–water partition coefficient (Wildman–Crippen LogP) is 4.50. The van der Waals surface area contributed by atoms with E-state index < -0.39 is 0 Å². The number of halogens is 1. The quantitative estimate of drug-likeness (QED) is 0.684. The molecule has 0 radical (unpaired) electrons.